The second-order valence-electron chi connectivity index (χ2n) is 7.12. The van der Waals surface area contributed by atoms with Gasteiger partial charge in [0.05, 0.1) is 28.4 Å². The van der Waals surface area contributed by atoms with Crippen molar-refractivity contribution in [1.82, 2.24) is 9.97 Å². The third-order valence-electron chi connectivity index (χ3n) is 5.26. The van der Waals surface area contributed by atoms with Crippen LogP contribution < -0.4 is 18.9 Å². The number of aromatic nitrogens is 2. The Hall–Kier alpha value is -4.06. The fourth-order valence-electron chi connectivity index (χ4n) is 3.74. The molecular formula is C26H26N2O4. The maximum atomic E-state index is 5.55. The molecule has 0 saturated carbocycles. The molecule has 0 amide bonds. The van der Waals surface area contributed by atoms with E-state index in [0.717, 1.165) is 33.7 Å². The topological polar surface area (TPSA) is 68.5 Å². The van der Waals surface area contributed by atoms with Gasteiger partial charge >= 0.3 is 0 Å². The minimum Gasteiger partial charge on any atom is -0.497 e. The Morgan fingerprint density at radius 3 is 1.12 bits per heavy atom. The number of nitrogens with one attached hydrogen (secondary N) is 2. The number of aromatic amines is 2. The number of methoxy groups -OCH3 is 4. The summed E-state index contributed by atoms with van der Waals surface area (Å²) in [4.78, 5) is 6.73. The highest BCUT2D eigenvalue weighted by molar-refractivity contribution is 6.03. The summed E-state index contributed by atoms with van der Waals surface area (Å²) in [7, 11) is 6.59. The number of H-pyrrole nitrogens is 2. The lowest BCUT2D eigenvalue weighted by atomic mass is 9.90. The van der Waals surface area contributed by atoms with Gasteiger partial charge in [0.1, 0.15) is 23.0 Å². The summed E-state index contributed by atoms with van der Waals surface area (Å²) < 4.78 is 22.2. The summed E-state index contributed by atoms with van der Waals surface area (Å²) in [5, 5.41) is 0. The van der Waals surface area contributed by atoms with Crippen LogP contribution in [0.4, 0.5) is 0 Å². The van der Waals surface area contributed by atoms with Crippen LogP contribution in [-0.4, -0.2) is 38.4 Å². The van der Waals surface area contributed by atoms with Crippen LogP contribution in [0.3, 0.4) is 0 Å². The highest BCUT2D eigenvalue weighted by Gasteiger charge is 2.20. The minimum absolute atomic E-state index is 0.706. The van der Waals surface area contributed by atoms with Crippen LogP contribution in [0.15, 0.2) is 73.1 Å². The summed E-state index contributed by atoms with van der Waals surface area (Å²) in [5.74, 6) is 2.82. The molecule has 2 heterocycles. The van der Waals surface area contributed by atoms with Gasteiger partial charge in [-0.2, -0.15) is 0 Å². The Balaban J connectivity index is 2.11. The summed E-state index contributed by atoms with van der Waals surface area (Å²) in [6.45, 7) is 0. The van der Waals surface area contributed by atoms with Crippen LogP contribution in [0, 0.1) is 0 Å². The summed E-state index contributed by atoms with van der Waals surface area (Å²) in [5.41, 5.74) is 5.73. The first-order chi connectivity index (χ1) is 15.7. The minimum atomic E-state index is 0.706. The van der Waals surface area contributed by atoms with E-state index in [4.69, 9.17) is 18.9 Å². The molecule has 0 atom stereocenters. The predicted octanol–water partition coefficient (Wildman–Crippen LogP) is 5.38. The van der Waals surface area contributed by atoms with Crippen molar-refractivity contribution >= 4 is 11.1 Å². The molecule has 0 fully saturated rings. The molecule has 4 rings (SSSR count). The Morgan fingerprint density at radius 2 is 0.875 bits per heavy atom. The first-order valence-electron chi connectivity index (χ1n) is 10.2. The van der Waals surface area contributed by atoms with Crippen LogP contribution in [0.25, 0.3) is 11.1 Å². The van der Waals surface area contributed by atoms with Crippen molar-refractivity contribution in [3.05, 3.63) is 95.6 Å². The highest BCUT2D eigenvalue weighted by Crippen LogP contribution is 2.40. The van der Waals surface area contributed by atoms with Crippen LogP contribution in [0.1, 0.15) is 22.5 Å². The van der Waals surface area contributed by atoms with Gasteiger partial charge in [0.25, 0.3) is 0 Å². The van der Waals surface area contributed by atoms with Crippen LogP contribution in [0.2, 0.25) is 0 Å². The average Bonchev–Trinajstić information content (AvgIpc) is 3.56. The van der Waals surface area contributed by atoms with E-state index in [1.54, 1.807) is 28.4 Å². The normalized spacial score (nSPS) is 11.6. The third kappa shape index (κ3) is 4.21. The Bertz CT molecular complexity index is 1070. The molecule has 0 aliphatic carbocycles. The van der Waals surface area contributed by atoms with E-state index in [9.17, 15) is 0 Å². The number of ether oxygens (including phenoxy) is 4. The fraction of sp³-hybridized carbons (Fsp3) is 0.154. The maximum Gasteiger partial charge on any atom is 0.123 e. The number of hydrogen-bond donors (Lipinski definition) is 2. The lowest BCUT2D eigenvalue weighted by Gasteiger charge is -2.18. The van der Waals surface area contributed by atoms with Gasteiger partial charge in [-0.1, -0.05) is 0 Å². The van der Waals surface area contributed by atoms with Crippen LogP contribution in [0.5, 0.6) is 23.0 Å². The third-order valence-corrected chi connectivity index (χ3v) is 5.26. The smallest absolute Gasteiger partial charge is 0.123 e. The molecular weight excluding hydrogens is 404 g/mol. The molecule has 2 aromatic heterocycles. The number of rotatable bonds is 8. The van der Waals surface area contributed by atoms with Crippen molar-refractivity contribution in [2.24, 2.45) is 0 Å². The first-order valence-corrected chi connectivity index (χ1v) is 10.2. The van der Waals surface area contributed by atoms with E-state index in [1.165, 1.54) is 0 Å². The predicted molar refractivity (Wildman–Crippen MR) is 126 cm³/mol. The van der Waals surface area contributed by atoms with E-state index in [1.807, 2.05) is 73.1 Å². The monoisotopic (exact) mass is 430 g/mol. The average molecular weight is 431 g/mol. The zero-order chi connectivity index (χ0) is 22.5. The van der Waals surface area contributed by atoms with Gasteiger partial charge in [0.2, 0.25) is 0 Å². The fourth-order valence-corrected chi connectivity index (χ4v) is 3.74. The Kier molecular flexibility index (Phi) is 6.22. The van der Waals surface area contributed by atoms with Crippen LogP contribution in [-0.2, 0) is 0 Å². The summed E-state index contributed by atoms with van der Waals surface area (Å²) >= 11 is 0. The van der Waals surface area contributed by atoms with Crippen molar-refractivity contribution in [3.8, 4) is 23.0 Å². The van der Waals surface area contributed by atoms with Crippen LogP contribution >= 0.6 is 0 Å². The zero-order valence-electron chi connectivity index (χ0n) is 18.6. The molecule has 0 saturated heterocycles. The highest BCUT2D eigenvalue weighted by atomic mass is 16.5. The van der Waals surface area contributed by atoms with E-state index in [-0.39, 0.29) is 0 Å². The van der Waals surface area contributed by atoms with Crippen molar-refractivity contribution < 1.29 is 18.9 Å². The van der Waals surface area contributed by atoms with E-state index >= 15 is 0 Å². The van der Waals surface area contributed by atoms with Gasteiger partial charge in [-0.15, -0.1) is 0 Å². The molecule has 6 nitrogen and oxygen atoms in total. The molecule has 0 radical (unpaired) electrons. The van der Waals surface area contributed by atoms with Gasteiger partial charge in [-0.05, 0) is 59.7 Å². The molecule has 0 aliphatic rings. The van der Waals surface area contributed by atoms with E-state index < -0.39 is 0 Å². The first kappa shape index (κ1) is 21.2. The van der Waals surface area contributed by atoms with Crippen molar-refractivity contribution in [3.63, 3.8) is 0 Å². The second-order valence-corrected chi connectivity index (χ2v) is 7.12. The van der Waals surface area contributed by atoms with Crippen molar-refractivity contribution in [2.75, 3.05) is 28.4 Å². The lowest BCUT2D eigenvalue weighted by Crippen LogP contribution is -2.00. The van der Waals surface area contributed by atoms with Crippen molar-refractivity contribution in [2.45, 2.75) is 0 Å². The SMILES string of the molecule is COc1cc(OC)cc(C(=C(c2cc(OC)cc(OC)c2)c2ccc[nH]2)c2ccc[nH]2)c1. The molecule has 6 heteroatoms. The van der Waals surface area contributed by atoms with Gasteiger partial charge in [0, 0.05) is 47.1 Å². The molecule has 0 aliphatic heterocycles. The van der Waals surface area contributed by atoms with Gasteiger partial charge in [-0.3, -0.25) is 0 Å². The molecule has 164 valence electrons. The van der Waals surface area contributed by atoms with Gasteiger partial charge in [-0.25, -0.2) is 0 Å². The quantitative estimate of drug-likeness (QED) is 0.368. The van der Waals surface area contributed by atoms with Gasteiger partial charge in [0.15, 0.2) is 0 Å². The lowest BCUT2D eigenvalue weighted by molar-refractivity contribution is 0.394. The summed E-state index contributed by atoms with van der Waals surface area (Å²) in [6, 6.07) is 19.8. The largest absolute Gasteiger partial charge is 0.497 e. The Labute approximate surface area is 187 Å². The molecule has 0 bridgehead atoms. The molecule has 2 aromatic carbocycles. The molecule has 0 unspecified atom stereocenters. The Morgan fingerprint density at radius 1 is 0.531 bits per heavy atom. The number of benzene rings is 2. The van der Waals surface area contributed by atoms with E-state index in [0.29, 0.717) is 23.0 Å². The van der Waals surface area contributed by atoms with E-state index in [2.05, 4.69) is 9.97 Å². The maximum absolute atomic E-state index is 5.55. The number of hydrogen-bond acceptors (Lipinski definition) is 4. The second kappa shape index (κ2) is 9.39. The molecule has 0 spiro atoms. The summed E-state index contributed by atoms with van der Waals surface area (Å²) in [6.07, 6.45) is 3.82. The standard InChI is InChI=1S/C26H26N2O4/c1-29-19-11-17(12-20(15-19)30-2)25(23-7-5-9-27-23)26(24-8-6-10-28-24)18-13-21(31-3)16-22(14-18)32-4/h5-16,27-28H,1-4H3. The molecule has 32 heavy (non-hydrogen) atoms. The molecule has 4 aromatic rings. The van der Waals surface area contributed by atoms with Crippen molar-refractivity contribution in [1.29, 1.82) is 0 Å². The van der Waals surface area contributed by atoms with Gasteiger partial charge < -0.3 is 28.9 Å². The molecule has 2 N–H and O–H groups in total. The zero-order valence-corrected chi connectivity index (χ0v) is 18.6.